The summed E-state index contributed by atoms with van der Waals surface area (Å²) in [5.41, 5.74) is 2.16. The van der Waals surface area contributed by atoms with Crippen LogP contribution in [0.4, 0.5) is 16.4 Å². The summed E-state index contributed by atoms with van der Waals surface area (Å²) in [4.78, 5) is 16.5. The number of benzene rings is 1. The van der Waals surface area contributed by atoms with Crippen molar-refractivity contribution < 1.29 is 9.53 Å². The van der Waals surface area contributed by atoms with Crippen molar-refractivity contribution in [2.45, 2.75) is 6.92 Å². The number of ether oxygens (including phenoxy) is 1. The molecule has 3 rings (SSSR count). The van der Waals surface area contributed by atoms with Crippen molar-refractivity contribution in [3.05, 3.63) is 35.0 Å². The first-order valence-electron chi connectivity index (χ1n) is 8.65. The number of nitriles is 1. The Bertz CT molecular complexity index is 827. The molecule has 1 amide bonds. The average Bonchev–Trinajstić information content (AvgIpc) is 3.07. The third kappa shape index (κ3) is 4.69. The summed E-state index contributed by atoms with van der Waals surface area (Å²) in [5.74, 6) is -0.163. The minimum Gasteiger partial charge on any atom is -0.378 e. The molecule has 1 saturated heterocycles. The molecule has 9 heteroatoms. The Balaban J connectivity index is 1.61. The molecule has 1 aromatic heterocycles. The number of hydrogen-bond acceptors (Lipinski definition) is 7. The highest BCUT2D eigenvalue weighted by atomic mass is 35.5. The number of hydrogen-bond donors (Lipinski definition) is 1. The number of rotatable bonds is 6. The average molecular weight is 406 g/mol. The fourth-order valence-corrected chi connectivity index (χ4v) is 3.94. The van der Waals surface area contributed by atoms with Gasteiger partial charge in [-0.15, -0.1) is 0 Å². The van der Waals surface area contributed by atoms with Gasteiger partial charge in [0.2, 0.25) is 5.91 Å². The molecule has 7 nitrogen and oxygen atoms in total. The van der Waals surface area contributed by atoms with Crippen LogP contribution in [0.15, 0.2) is 24.3 Å². The SMILES string of the molecule is CCN(CC(=O)Nc1ccc(N2CCOCC2)cc1)c1snc(Cl)c1C#N. The van der Waals surface area contributed by atoms with E-state index in [0.717, 1.165) is 49.2 Å². The van der Waals surface area contributed by atoms with Crippen LogP contribution in [0, 0.1) is 11.3 Å². The smallest absolute Gasteiger partial charge is 0.243 e. The Labute approximate surface area is 167 Å². The van der Waals surface area contributed by atoms with Crippen LogP contribution in [0.3, 0.4) is 0 Å². The second-order valence-corrected chi connectivity index (χ2v) is 7.08. The highest BCUT2D eigenvalue weighted by molar-refractivity contribution is 7.10. The second-order valence-electron chi connectivity index (χ2n) is 5.97. The summed E-state index contributed by atoms with van der Waals surface area (Å²) in [6.07, 6.45) is 0. The van der Waals surface area contributed by atoms with Gasteiger partial charge in [-0.2, -0.15) is 9.64 Å². The van der Waals surface area contributed by atoms with Crippen molar-refractivity contribution in [3.8, 4) is 6.07 Å². The van der Waals surface area contributed by atoms with E-state index in [-0.39, 0.29) is 17.6 Å². The van der Waals surface area contributed by atoms with Crippen LogP contribution < -0.4 is 15.1 Å². The summed E-state index contributed by atoms with van der Waals surface area (Å²) in [6, 6.07) is 9.82. The van der Waals surface area contributed by atoms with Crippen molar-refractivity contribution in [1.29, 1.82) is 5.26 Å². The summed E-state index contributed by atoms with van der Waals surface area (Å²) in [7, 11) is 0. The zero-order valence-electron chi connectivity index (χ0n) is 14.9. The lowest BCUT2D eigenvalue weighted by Crippen LogP contribution is -2.36. The van der Waals surface area contributed by atoms with E-state index in [0.29, 0.717) is 17.1 Å². The molecule has 1 N–H and O–H groups in total. The molecule has 27 heavy (non-hydrogen) atoms. The highest BCUT2D eigenvalue weighted by Crippen LogP contribution is 2.31. The van der Waals surface area contributed by atoms with E-state index in [9.17, 15) is 10.1 Å². The summed E-state index contributed by atoms with van der Waals surface area (Å²) >= 11 is 7.05. The molecule has 0 saturated carbocycles. The molecule has 0 aliphatic carbocycles. The maximum Gasteiger partial charge on any atom is 0.243 e. The van der Waals surface area contributed by atoms with E-state index in [4.69, 9.17) is 16.3 Å². The van der Waals surface area contributed by atoms with Gasteiger partial charge in [0, 0.05) is 31.0 Å². The number of nitrogens with one attached hydrogen (secondary N) is 1. The molecule has 142 valence electrons. The van der Waals surface area contributed by atoms with E-state index in [1.165, 1.54) is 0 Å². The lowest BCUT2D eigenvalue weighted by atomic mass is 10.2. The van der Waals surface area contributed by atoms with Crippen LogP contribution in [-0.2, 0) is 9.53 Å². The third-order valence-corrected chi connectivity index (χ3v) is 5.56. The van der Waals surface area contributed by atoms with Gasteiger partial charge in [0.15, 0.2) is 5.15 Å². The number of morpholine rings is 1. The number of likely N-dealkylation sites (N-methyl/N-ethyl adjacent to an activating group) is 1. The molecule has 2 aromatic rings. The zero-order valence-corrected chi connectivity index (χ0v) is 16.5. The first kappa shape index (κ1) is 19.4. The number of anilines is 3. The molecule has 2 heterocycles. The van der Waals surface area contributed by atoms with E-state index in [1.807, 2.05) is 37.3 Å². The monoisotopic (exact) mass is 405 g/mol. The van der Waals surface area contributed by atoms with Crippen molar-refractivity contribution >= 4 is 45.4 Å². The van der Waals surface area contributed by atoms with Gasteiger partial charge in [0.25, 0.3) is 0 Å². The van der Waals surface area contributed by atoms with Crippen LogP contribution in [0.25, 0.3) is 0 Å². The number of amides is 1. The fraction of sp³-hybridized carbons (Fsp3) is 0.389. The van der Waals surface area contributed by atoms with Gasteiger partial charge in [0.1, 0.15) is 16.6 Å². The Morgan fingerprint density at radius 3 is 2.74 bits per heavy atom. The molecular formula is C18H20ClN5O2S. The normalized spacial score (nSPS) is 13.9. The zero-order chi connectivity index (χ0) is 19.2. The lowest BCUT2D eigenvalue weighted by molar-refractivity contribution is -0.115. The lowest BCUT2D eigenvalue weighted by Gasteiger charge is -2.29. The molecule has 0 spiro atoms. The van der Waals surface area contributed by atoms with E-state index in [2.05, 4.69) is 14.6 Å². The van der Waals surface area contributed by atoms with Gasteiger partial charge in [-0.05, 0) is 42.7 Å². The van der Waals surface area contributed by atoms with Crippen molar-refractivity contribution in [3.63, 3.8) is 0 Å². The quantitative estimate of drug-likeness (QED) is 0.795. The molecule has 1 aromatic carbocycles. The molecule has 0 unspecified atom stereocenters. The number of halogens is 1. The van der Waals surface area contributed by atoms with Gasteiger partial charge in [-0.1, -0.05) is 11.6 Å². The predicted molar refractivity (Wildman–Crippen MR) is 108 cm³/mol. The first-order valence-corrected chi connectivity index (χ1v) is 9.80. The van der Waals surface area contributed by atoms with Gasteiger partial charge in [-0.25, -0.2) is 0 Å². The maximum absolute atomic E-state index is 12.4. The van der Waals surface area contributed by atoms with Crippen LogP contribution >= 0.6 is 23.1 Å². The topological polar surface area (TPSA) is 81.5 Å². The van der Waals surface area contributed by atoms with E-state index < -0.39 is 0 Å². The standard InChI is InChI=1S/C18H20ClN5O2S/c1-2-23(18-15(11-20)17(19)22-27-18)12-16(25)21-13-3-5-14(6-4-13)24-7-9-26-10-8-24/h3-6H,2,7-10,12H2,1H3,(H,21,25). The van der Waals surface area contributed by atoms with E-state index >= 15 is 0 Å². The Morgan fingerprint density at radius 1 is 1.41 bits per heavy atom. The van der Waals surface area contributed by atoms with Gasteiger partial charge < -0.3 is 19.9 Å². The fourth-order valence-electron chi connectivity index (χ4n) is 2.85. The first-order chi connectivity index (χ1) is 13.1. The number of carbonyl (C=O) groups excluding carboxylic acids is 1. The predicted octanol–water partition coefficient (Wildman–Crippen LogP) is 2.97. The van der Waals surface area contributed by atoms with Crippen molar-refractivity contribution in [2.75, 3.05) is 54.5 Å². The minimum atomic E-state index is -0.163. The van der Waals surface area contributed by atoms with Crippen molar-refractivity contribution in [1.82, 2.24) is 4.37 Å². The van der Waals surface area contributed by atoms with Crippen LogP contribution in [-0.4, -0.2) is 49.7 Å². The Hall–Kier alpha value is -2.34. The van der Waals surface area contributed by atoms with E-state index in [1.54, 1.807) is 4.90 Å². The molecule has 0 atom stereocenters. The molecule has 0 bridgehead atoms. The van der Waals surface area contributed by atoms with Gasteiger partial charge in [0.05, 0.1) is 19.8 Å². The number of nitrogens with zero attached hydrogens (tertiary/aromatic N) is 4. The molecule has 1 aliphatic heterocycles. The third-order valence-electron chi connectivity index (χ3n) is 4.27. The maximum atomic E-state index is 12.4. The Kier molecular flexibility index (Phi) is 6.50. The van der Waals surface area contributed by atoms with Gasteiger partial charge >= 0.3 is 0 Å². The molecule has 1 aliphatic rings. The minimum absolute atomic E-state index is 0.120. The second kappa shape index (κ2) is 9.04. The van der Waals surface area contributed by atoms with Crippen LogP contribution in [0.2, 0.25) is 5.15 Å². The highest BCUT2D eigenvalue weighted by Gasteiger charge is 2.19. The molecular weight excluding hydrogens is 386 g/mol. The Morgan fingerprint density at radius 2 is 2.11 bits per heavy atom. The molecule has 1 fully saturated rings. The van der Waals surface area contributed by atoms with Gasteiger partial charge in [-0.3, -0.25) is 4.79 Å². The summed E-state index contributed by atoms with van der Waals surface area (Å²) in [5, 5.41) is 12.9. The number of carbonyl (C=O) groups is 1. The van der Waals surface area contributed by atoms with Crippen LogP contribution in [0.5, 0.6) is 0 Å². The van der Waals surface area contributed by atoms with Crippen molar-refractivity contribution in [2.24, 2.45) is 0 Å². The van der Waals surface area contributed by atoms with Crippen LogP contribution in [0.1, 0.15) is 12.5 Å². The summed E-state index contributed by atoms with van der Waals surface area (Å²) in [6.45, 7) is 5.81. The molecule has 0 radical (unpaired) electrons. The summed E-state index contributed by atoms with van der Waals surface area (Å²) < 4.78 is 9.36. The largest absolute Gasteiger partial charge is 0.378 e. The number of aromatic nitrogens is 1.